The van der Waals surface area contributed by atoms with Crippen molar-refractivity contribution >= 4 is 0 Å². The molecule has 0 atom stereocenters. The largest absolute Gasteiger partial charge is 0.454 e. The summed E-state index contributed by atoms with van der Waals surface area (Å²) in [7, 11) is 0. The highest BCUT2D eigenvalue weighted by Crippen LogP contribution is 2.35. The Kier molecular flexibility index (Phi) is 2.41. The van der Waals surface area contributed by atoms with E-state index in [-0.39, 0.29) is 6.79 Å². The summed E-state index contributed by atoms with van der Waals surface area (Å²) in [6.07, 6.45) is 2.49. The van der Waals surface area contributed by atoms with Gasteiger partial charge in [-0.2, -0.15) is 4.98 Å². The van der Waals surface area contributed by atoms with Crippen LogP contribution < -0.4 is 14.8 Å². The first kappa shape index (κ1) is 10.8. The van der Waals surface area contributed by atoms with Gasteiger partial charge in [0.05, 0.1) is 6.54 Å². The summed E-state index contributed by atoms with van der Waals surface area (Å²) >= 11 is 0. The number of nitrogens with one attached hydrogen (secondary N) is 1. The second-order valence-corrected chi connectivity index (χ2v) is 4.74. The van der Waals surface area contributed by atoms with E-state index in [0.29, 0.717) is 30.1 Å². The third-order valence-electron chi connectivity index (χ3n) is 3.21. The van der Waals surface area contributed by atoms with Crippen LogP contribution in [0.1, 0.15) is 18.7 Å². The van der Waals surface area contributed by atoms with Crippen molar-refractivity contribution in [1.29, 1.82) is 0 Å². The third-order valence-corrected chi connectivity index (χ3v) is 3.21. The van der Waals surface area contributed by atoms with Crippen LogP contribution in [0.2, 0.25) is 0 Å². The molecule has 19 heavy (non-hydrogen) atoms. The first-order valence-electron chi connectivity index (χ1n) is 6.34. The van der Waals surface area contributed by atoms with Crippen LogP contribution in [-0.2, 0) is 6.54 Å². The second-order valence-electron chi connectivity index (χ2n) is 4.74. The average molecular weight is 259 g/mol. The topological polar surface area (TPSA) is 69.4 Å². The van der Waals surface area contributed by atoms with Gasteiger partial charge < -0.3 is 19.3 Å². The van der Waals surface area contributed by atoms with Crippen molar-refractivity contribution in [3.8, 4) is 23.0 Å². The minimum atomic E-state index is 0.263. The number of ether oxygens (including phenoxy) is 2. The molecule has 98 valence electrons. The summed E-state index contributed by atoms with van der Waals surface area (Å²) in [6.45, 7) is 0.915. The molecule has 0 radical (unpaired) electrons. The van der Waals surface area contributed by atoms with Crippen LogP contribution in [0.25, 0.3) is 11.5 Å². The molecule has 0 spiro atoms. The Balaban J connectivity index is 1.54. The van der Waals surface area contributed by atoms with Crippen molar-refractivity contribution in [1.82, 2.24) is 15.5 Å². The maximum Gasteiger partial charge on any atom is 0.258 e. The molecule has 0 unspecified atom stereocenters. The van der Waals surface area contributed by atoms with Gasteiger partial charge in [-0.25, -0.2) is 0 Å². The Morgan fingerprint density at radius 1 is 1.21 bits per heavy atom. The molecule has 1 aliphatic carbocycles. The van der Waals surface area contributed by atoms with Gasteiger partial charge in [0.25, 0.3) is 5.89 Å². The fourth-order valence-corrected chi connectivity index (χ4v) is 2.00. The van der Waals surface area contributed by atoms with E-state index in [1.54, 1.807) is 0 Å². The van der Waals surface area contributed by atoms with Crippen molar-refractivity contribution in [2.45, 2.75) is 25.4 Å². The minimum Gasteiger partial charge on any atom is -0.454 e. The first-order chi connectivity index (χ1) is 9.38. The summed E-state index contributed by atoms with van der Waals surface area (Å²) in [5.41, 5.74) is 0.842. The molecule has 1 saturated carbocycles. The van der Waals surface area contributed by atoms with Gasteiger partial charge in [0, 0.05) is 11.6 Å². The number of hydrogen-bond acceptors (Lipinski definition) is 6. The maximum absolute atomic E-state index is 5.33. The van der Waals surface area contributed by atoms with Gasteiger partial charge >= 0.3 is 0 Å². The molecule has 0 amide bonds. The van der Waals surface area contributed by atoms with Gasteiger partial charge in [-0.3, -0.25) is 0 Å². The van der Waals surface area contributed by atoms with Crippen molar-refractivity contribution in [2.75, 3.05) is 6.79 Å². The van der Waals surface area contributed by atoms with E-state index < -0.39 is 0 Å². The first-order valence-corrected chi connectivity index (χ1v) is 6.34. The van der Waals surface area contributed by atoms with Crippen molar-refractivity contribution in [3.05, 3.63) is 24.0 Å². The summed E-state index contributed by atoms with van der Waals surface area (Å²) in [5, 5.41) is 7.31. The zero-order chi connectivity index (χ0) is 12.7. The minimum absolute atomic E-state index is 0.263. The standard InChI is InChI=1S/C13H13N3O3/c1-4-10-11(18-7-17-10)5-8(1)13-15-12(16-19-13)6-14-9-2-3-9/h1,4-5,9,14H,2-3,6-7H2. The van der Waals surface area contributed by atoms with Crippen LogP contribution in [0.15, 0.2) is 22.7 Å². The Morgan fingerprint density at radius 3 is 3.00 bits per heavy atom. The SMILES string of the molecule is c1cc2c(cc1-c1nc(CNC3CC3)no1)OCO2. The number of nitrogens with zero attached hydrogens (tertiary/aromatic N) is 2. The van der Waals surface area contributed by atoms with E-state index in [2.05, 4.69) is 15.5 Å². The molecule has 1 aromatic heterocycles. The molecule has 1 aromatic carbocycles. The van der Waals surface area contributed by atoms with Gasteiger partial charge in [0.15, 0.2) is 17.3 Å². The van der Waals surface area contributed by atoms with Gasteiger partial charge in [-0.15, -0.1) is 0 Å². The van der Waals surface area contributed by atoms with E-state index in [1.165, 1.54) is 12.8 Å². The number of hydrogen-bond donors (Lipinski definition) is 1. The molecule has 4 rings (SSSR count). The molecular weight excluding hydrogens is 246 g/mol. The zero-order valence-electron chi connectivity index (χ0n) is 10.3. The Bertz CT molecular complexity index is 607. The van der Waals surface area contributed by atoms with E-state index in [0.717, 1.165) is 11.3 Å². The maximum atomic E-state index is 5.33. The molecular formula is C13H13N3O3. The molecule has 1 N–H and O–H groups in total. The molecule has 2 heterocycles. The van der Waals surface area contributed by atoms with Crippen molar-refractivity contribution in [3.63, 3.8) is 0 Å². The van der Waals surface area contributed by atoms with E-state index >= 15 is 0 Å². The third kappa shape index (κ3) is 2.15. The number of fused-ring (bicyclic) bond motifs is 1. The molecule has 2 aromatic rings. The van der Waals surface area contributed by atoms with Crippen LogP contribution in [0.4, 0.5) is 0 Å². The highest BCUT2D eigenvalue weighted by molar-refractivity contribution is 5.60. The molecule has 6 heteroatoms. The molecule has 0 bridgehead atoms. The lowest BCUT2D eigenvalue weighted by molar-refractivity contribution is 0.174. The lowest BCUT2D eigenvalue weighted by Crippen LogP contribution is -2.16. The lowest BCUT2D eigenvalue weighted by atomic mass is 10.2. The van der Waals surface area contributed by atoms with Crippen LogP contribution in [0, 0.1) is 0 Å². The summed E-state index contributed by atoms with van der Waals surface area (Å²) in [5.74, 6) is 2.65. The fourth-order valence-electron chi connectivity index (χ4n) is 2.00. The predicted molar refractivity (Wildman–Crippen MR) is 65.7 cm³/mol. The molecule has 1 fully saturated rings. The lowest BCUT2D eigenvalue weighted by Gasteiger charge is -1.97. The van der Waals surface area contributed by atoms with Gasteiger partial charge in [-0.05, 0) is 31.0 Å². The molecule has 6 nitrogen and oxygen atoms in total. The van der Waals surface area contributed by atoms with Crippen LogP contribution in [0.5, 0.6) is 11.5 Å². The van der Waals surface area contributed by atoms with Crippen LogP contribution in [0.3, 0.4) is 0 Å². The van der Waals surface area contributed by atoms with Gasteiger partial charge in [0.2, 0.25) is 6.79 Å². The van der Waals surface area contributed by atoms with E-state index in [1.807, 2.05) is 18.2 Å². The van der Waals surface area contributed by atoms with E-state index in [9.17, 15) is 0 Å². The normalized spacial score (nSPS) is 16.8. The summed E-state index contributed by atoms with van der Waals surface area (Å²) in [4.78, 5) is 4.37. The van der Waals surface area contributed by atoms with E-state index in [4.69, 9.17) is 14.0 Å². The van der Waals surface area contributed by atoms with Gasteiger partial charge in [-0.1, -0.05) is 5.16 Å². The quantitative estimate of drug-likeness (QED) is 0.901. The monoisotopic (exact) mass is 259 g/mol. The zero-order valence-corrected chi connectivity index (χ0v) is 10.3. The number of benzene rings is 1. The van der Waals surface area contributed by atoms with Crippen molar-refractivity contribution < 1.29 is 14.0 Å². The predicted octanol–water partition coefficient (Wildman–Crippen LogP) is 1.72. The Morgan fingerprint density at radius 2 is 2.11 bits per heavy atom. The number of aromatic nitrogens is 2. The Labute approximate surface area is 109 Å². The molecule has 0 saturated heterocycles. The second kappa shape index (κ2) is 4.24. The summed E-state index contributed by atoms with van der Waals surface area (Å²) < 4.78 is 15.9. The smallest absolute Gasteiger partial charge is 0.258 e. The van der Waals surface area contributed by atoms with Crippen LogP contribution >= 0.6 is 0 Å². The number of rotatable bonds is 4. The fraction of sp³-hybridized carbons (Fsp3) is 0.385. The van der Waals surface area contributed by atoms with Crippen molar-refractivity contribution in [2.24, 2.45) is 0 Å². The van der Waals surface area contributed by atoms with Gasteiger partial charge in [0.1, 0.15) is 0 Å². The van der Waals surface area contributed by atoms with Crippen LogP contribution in [-0.4, -0.2) is 23.0 Å². The molecule has 1 aliphatic heterocycles. The summed E-state index contributed by atoms with van der Waals surface area (Å²) in [6, 6.07) is 6.23. The average Bonchev–Trinajstić information content (AvgIpc) is 2.96. The Hall–Kier alpha value is -2.08. The highest BCUT2D eigenvalue weighted by Gasteiger charge is 2.21. The molecule has 2 aliphatic rings. The highest BCUT2D eigenvalue weighted by atomic mass is 16.7.